The second-order valence-corrected chi connectivity index (χ2v) is 15.4. The zero-order valence-corrected chi connectivity index (χ0v) is 34.0. The van der Waals surface area contributed by atoms with Gasteiger partial charge >= 0.3 is 0 Å². The van der Waals surface area contributed by atoms with Crippen molar-refractivity contribution >= 4 is 45.8 Å². The Morgan fingerprint density at radius 2 is 1.80 bits per heavy atom. The standard InChI is InChI=1S/C45H49N9O5/c1-27-33-10-7-12-36(40(33)45(58)54(27)28(2)43(56)46-4)47-17-8-18-51(5)44(57)37-14-13-32(24-48-37)38-23-31-9-6-11-34(35(31)25-49-38)41-39-26-52(29(3)55)19-20-53(39)42(50-41)30-15-21-59-22-16-30/h6-7,9-14,23-25,28,30,47H,1,8,15-22,26H2,2-5H3,(H,46,56). The molecule has 6 heterocycles. The molecular formula is C45H49N9O5. The maximum absolute atomic E-state index is 13.4. The number of anilines is 1. The van der Waals surface area contributed by atoms with Crippen molar-refractivity contribution in [3.8, 4) is 22.5 Å². The summed E-state index contributed by atoms with van der Waals surface area (Å²) >= 11 is 0. The molecule has 1 atom stereocenters. The zero-order valence-electron chi connectivity index (χ0n) is 34.0. The number of imidazole rings is 1. The summed E-state index contributed by atoms with van der Waals surface area (Å²) in [4.78, 5) is 71.1. The number of rotatable bonds is 11. The van der Waals surface area contributed by atoms with Gasteiger partial charge in [-0.1, -0.05) is 36.9 Å². The van der Waals surface area contributed by atoms with Crippen LogP contribution in [0.5, 0.6) is 0 Å². The van der Waals surface area contributed by atoms with Crippen molar-refractivity contribution < 1.29 is 23.9 Å². The Bertz CT molecular complexity index is 2470. The largest absolute Gasteiger partial charge is 0.384 e. The van der Waals surface area contributed by atoms with Crippen LogP contribution in [0.4, 0.5) is 5.69 Å². The minimum atomic E-state index is -0.696. The Balaban J connectivity index is 0.932. The van der Waals surface area contributed by atoms with E-state index in [1.807, 2.05) is 47.5 Å². The van der Waals surface area contributed by atoms with Crippen LogP contribution in [0.25, 0.3) is 39.0 Å². The number of likely N-dealkylation sites (N-methyl/N-ethyl adjacent to an activating group) is 1. The number of fused-ring (bicyclic) bond motifs is 3. The van der Waals surface area contributed by atoms with E-state index in [0.717, 1.165) is 77.4 Å². The van der Waals surface area contributed by atoms with Gasteiger partial charge in [0.05, 0.1) is 29.2 Å². The molecule has 3 aromatic heterocycles. The molecule has 1 unspecified atom stereocenters. The molecule has 8 rings (SSSR count). The topological polar surface area (TPSA) is 155 Å². The predicted molar refractivity (Wildman–Crippen MR) is 225 cm³/mol. The maximum atomic E-state index is 13.4. The molecule has 0 bridgehead atoms. The maximum Gasteiger partial charge on any atom is 0.272 e. The Hall–Kier alpha value is -6.41. The van der Waals surface area contributed by atoms with Gasteiger partial charge in [0.25, 0.3) is 11.8 Å². The third-order valence-corrected chi connectivity index (χ3v) is 11.8. The molecule has 14 nitrogen and oxygen atoms in total. The van der Waals surface area contributed by atoms with E-state index in [0.29, 0.717) is 66.7 Å². The van der Waals surface area contributed by atoms with E-state index >= 15 is 0 Å². The summed E-state index contributed by atoms with van der Waals surface area (Å²) < 4.78 is 7.99. The average Bonchev–Trinajstić information content (AvgIpc) is 3.77. The molecule has 0 saturated carbocycles. The van der Waals surface area contributed by atoms with E-state index in [1.54, 1.807) is 38.1 Å². The summed E-state index contributed by atoms with van der Waals surface area (Å²) in [5.41, 5.74) is 7.11. The third kappa shape index (κ3) is 7.44. The molecule has 0 radical (unpaired) electrons. The van der Waals surface area contributed by atoms with E-state index in [2.05, 4.69) is 38.9 Å². The van der Waals surface area contributed by atoms with Gasteiger partial charge in [-0.2, -0.15) is 0 Å². The quantitative estimate of drug-likeness (QED) is 0.164. The van der Waals surface area contributed by atoms with Gasteiger partial charge in [-0.25, -0.2) is 4.98 Å². The number of carbonyl (C=O) groups is 4. The van der Waals surface area contributed by atoms with Gasteiger partial charge in [-0.3, -0.25) is 34.0 Å². The summed E-state index contributed by atoms with van der Waals surface area (Å²) in [7, 11) is 3.28. The first kappa shape index (κ1) is 39.4. The molecule has 2 aromatic carbocycles. The summed E-state index contributed by atoms with van der Waals surface area (Å²) in [5.74, 6) is 0.703. The second-order valence-electron chi connectivity index (χ2n) is 15.4. The smallest absolute Gasteiger partial charge is 0.272 e. The Morgan fingerprint density at radius 1 is 1.02 bits per heavy atom. The molecule has 0 aliphatic carbocycles. The minimum Gasteiger partial charge on any atom is -0.384 e. The molecule has 5 aromatic rings. The van der Waals surface area contributed by atoms with Crippen molar-refractivity contribution in [3.05, 3.63) is 102 Å². The normalized spacial score (nSPS) is 15.9. The van der Waals surface area contributed by atoms with Gasteiger partial charge in [-0.15, -0.1) is 0 Å². The lowest BCUT2D eigenvalue weighted by Gasteiger charge is -2.30. The molecule has 3 aliphatic heterocycles. The van der Waals surface area contributed by atoms with Crippen LogP contribution in [0.1, 0.15) is 77.0 Å². The number of carbonyl (C=O) groups excluding carboxylic acids is 4. The summed E-state index contributed by atoms with van der Waals surface area (Å²) in [6.45, 7) is 11.7. The van der Waals surface area contributed by atoms with Crippen molar-refractivity contribution in [2.75, 3.05) is 52.3 Å². The fourth-order valence-corrected chi connectivity index (χ4v) is 8.47. The van der Waals surface area contributed by atoms with Crippen molar-refractivity contribution in [1.82, 2.24) is 39.5 Å². The lowest BCUT2D eigenvalue weighted by atomic mass is 9.99. The van der Waals surface area contributed by atoms with Gasteiger partial charge in [0.15, 0.2) is 0 Å². The Labute approximate surface area is 343 Å². The number of nitrogens with zero attached hydrogens (tertiary/aromatic N) is 7. The van der Waals surface area contributed by atoms with Gasteiger partial charge in [0.1, 0.15) is 17.6 Å². The van der Waals surface area contributed by atoms with Crippen LogP contribution < -0.4 is 10.6 Å². The molecular weight excluding hydrogens is 747 g/mol. The van der Waals surface area contributed by atoms with Gasteiger partial charge in [-0.05, 0) is 55.8 Å². The highest BCUT2D eigenvalue weighted by atomic mass is 16.5. The summed E-state index contributed by atoms with van der Waals surface area (Å²) in [6.07, 6.45) is 6.04. The van der Waals surface area contributed by atoms with Crippen LogP contribution in [0.15, 0.2) is 73.6 Å². The molecule has 2 N–H and O–H groups in total. The molecule has 304 valence electrons. The van der Waals surface area contributed by atoms with Crippen molar-refractivity contribution in [2.24, 2.45) is 0 Å². The number of benzene rings is 2. The lowest BCUT2D eigenvalue weighted by molar-refractivity contribution is -0.130. The number of hydrogen-bond acceptors (Lipinski definition) is 9. The first-order valence-corrected chi connectivity index (χ1v) is 20.2. The van der Waals surface area contributed by atoms with Gasteiger partial charge < -0.3 is 29.7 Å². The van der Waals surface area contributed by atoms with E-state index in [9.17, 15) is 19.2 Å². The monoisotopic (exact) mass is 795 g/mol. The van der Waals surface area contributed by atoms with E-state index in [-0.39, 0.29) is 23.6 Å². The number of hydrogen-bond donors (Lipinski definition) is 2. The summed E-state index contributed by atoms with van der Waals surface area (Å²) in [6, 6.07) is 16.6. The van der Waals surface area contributed by atoms with Crippen LogP contribution in [0, 0.1) is 0 Å². The third-order valence-electron chi connectivity index (χ3n) is 11.8. The molecule has 0 spiro atoms. The van der Waals surface area contributed by atoms with Gasteiger partial charge in [0, 0.05) is 112 Å². The van der Waals surface area contributed by atoms with Crippen LogP contribution in [0.3, 0.4) is 0 Å². The number of aromatic nitrogens is 4. The van der Waals surface area contributed by atoms with Crippen molar-refractivity contribution in [3.63, 3.8) is 0 Å². The van der Waals surface area contributed by atoms with Crippen molar-refractivity contribution in [1.29, 1.82) is 0 Å². The molecule has 4 amide bonds. The fourth-order valence-electron chi connectivity index (χ4n) is 8.47. The molecule has 3 aliphatic rings. The van der Waals surface area contributed by atoms with Crippen LogP contribution in [-0.2, 0) is 27.4 Å². The number of nitrogens with one attached hydrogen (secondary N) is 2. The molecule has 59 heavy (non-hydrogen) atoms. The minimum absolute atomic E-state index is 0.0586. The Morgan fingerprint density at radius 3 is 2.54 bits per heavy atom. The first-order chi connectivity index (χ1) is 28.5. The van der Waals surface area contributed by atoms with E-state index < -0.39 is 6.04 Å². The van der Waals surface area contributed by atoms with Crippen LogP contribution in [-0.4, -0.2) is 111 Å². The Kier molecular flexibility index (Phi) is 11.0. The molecule has 1 fully saturated rings. The average molecular weight is 796 g/mol. The highest BCUT2D eigenvalue weighted by Gasteiger charge is 2.38. The molecule has 1 saturated heterocycles. The SMILES string of the molecule is C=C1c2cccc(NCCCN(C)C(=O)c3ccc(-c4cc5cccc(-c6nc(C7CCOCC7)n7c6CN(C(C)=O)CC7)c5cn4)cn3)c2C(=O)N1C(C)C(=O)NC. The number of pyridine rings is 2. The van der Waals surface area contributed by atoms with Crippen molar-refractivity contribution in [2.45, 2.75) is 58.2 Å². The van der Waals surface area contributed by atoms with E-state index in [4.69, 9.17) is 14.7 Å². The van der Waals surface area contributed by atoms with Crippen LogP contribution >= 0.6 is 0 Å². The van der Waals surface area contributed by atoms with Crippen LogP contribution in [0.2, 0.25) is 0 Å². The fraction of sp³-hybridized carbons (Fsp3) is 0.356. The number of amides is 4. The molecule has 14 heteroatoms. The zero-order chi connectivity index (χ0) is 41.4. The van der Waals surface area contributed by atoms with E-state index in [1.165, 1.54) is 11.9 Å². The highest BCUT2D eigenvalue weighted by Crippen LogP contribution is 2.39. The highest BCUT2D eigenvalue weighted by molar-refractivity contribution is 6.14. The van der Waals surface area contributed by atoms with Gasteiger partial charge in [0.2, 0.25) is 11.8 Å². The number of ether oxygens (including phenoxy) is 1. The second kappa shape index (κ2) is 16.5. The lowest BCUT2D eigenvalue weighted by Crippen LogP contribution is -2.43. The first-order valence-electron chi connectivity index (χ1n) is 20.2. The predicted octanol–water partition coefficient (Wildman–Crippen LogP) is 5.55. The summed E-state index contributed by atoms with van der Waals surface area (Å²) in [5, 5.41) is 7.91.